The number of carbonyl (C=O) groups excluding carboxylic acids is 1. The Kier molecular flexibility index (Phi) is 5.72. The molecule has 1 aromatic rings. The van der Waals surface area contributed by atoms with Crippen LogP contribution in [0.1, 0.15) is 13.8 Å². The lowest BCUT2D eigenvalue weighted by Crippen LogP contribution is -2.53. The minimum absolute atomic E-state index is 0.0895. The summed E-state index contributed by atoms with van der Waals surface area (Å²) in [5.41, 5.74) is -0.297. The summed E-state index contributed by atoms with van der Waals surface area (Å²) < 4.78 is 5.58. The first-order valence-electron chi connectivity index (χ1n) is 7.09. The Morgan fingerprint density at radius 2 is 2.23 bits per heavy atom. The molecule has 0 radical (unpaired) electrons. The van der Waals surface area contributed by atoms with Crippen LogP contribution in [-0.2, 0) is 4.74 Å². The van der Waals surface area contributed by atoms with Crippen molar-refractivity contribution in [2.24, 2.45) is 0 Å². The molecule has 0 aliphatic carbocycles. The van der Waals surface area contributed by atoms with Gasteiger partial charge in [0.05, 0.1) is 28.8 Å². The normalized spacial score (nSPS) is 17.2. The number of ether oxygens (including phenoxy) is 1. The molecule has 1 fully saturated rings. The van der Waals surface area contributed by atoms with Crippen molar-refractivity contribution in [1.82, 2.24) is 15.2 Å². The van der Waals surface area contributed by atoms with Gasteiger partial charge >= 0.3 is 6.03 Å². The van der Waals surface area contributed by atoms with Gasteiger partial charge < -0.3 is 20.3 Å². The molecule has 2 heterocycles. The molecule has 1 aliphatic rings. The van der Waals surface area contributed by atoms with Crippen LogP contribution in [0.5, 0.6) is 0 Å². The lowest BCUT2D eigenvalue weighted by atomic mass is 10.1. The largest absolute Gasteiger partial charge is 0.372 e. The van der Waals surface area contributed by atoms with Gasteiger partial charge in [-0.3, -0.25) is 0 Å². The minimum Gasteiger partial charge on any atom is -0.372 e. The molecule has 22 heavy (non-hydrogen) atoms. The van der Waals surface area contributed by atoms with E-state index in [2.05, 4.69) is 15.6 Å². The number of aromatic nitrogens is 1. The Balaban J connectivity index is 1.73. The molecule has 0 bridgehead atoms. The van der Waals surface area contributed by atoms with Gasteiger partial charge in [-0.2, -0.15) is 0 Å². The van der Waals surface area contributed by atoms with E-state index in [-0.39, 0.29) is 11.6 Å². The first-order chi connectivity index (χ1) is 10.4. The summed E-state index contributed by atoms with van der Waals surface area (Å²) in [7, 11) is 0. The third-order valence-corrected chi connectivity index (χ3v) is 3.71. The second-order valence-electron chi connectivity index (χ2n) is 5.67. The average Bonchev–Trinajstić information content (AvgIpc) is 2.44. The van der Waals surface area contributed by atoms with Gasteiger partial charge in [-0.25, -0.2) is 9.78 Å². The third kappa shape index (κ3) is 4.90. The summed E-state index contributed by atoms with van der Waals surface area (Å²) in [5.74, 6) is 0.549. The number of halogens is 2. The topological polar surface area (TPSA) is 66.5 Å². The van der Waals surface area contributed by atoms with Crippen LogP contribution in [0.15, 0.2) is 12.3 Å². The van der Waals surface area contributed by atoms with Gasteiger partial charge in [0, 0.05) is 25.8 Å². The third-order valence-electron chi connectivity index (χ3n) is 3.21. The number of morpholine rings is 1. The van der Waals surface area contributed by atoms with Crippen LogP contribution < -0.4 is 10.6 Å². The highest BCUT2D eigenvalue weighted by Gasteiger charge is 2.29. The van der Waals surface area contributed by atoms with Crippen molar-refractivity contribution in [1.29, 1.82) is 0 Å². The van der Waals surface area contributed by atoms with Gasteiger partial charge in [-0.1, -0.05) is 23.2 Å². The van der Waals surface area contributed by atoms with Crippen molar-refractivity contribution < 1.29 is 9.53 Å². The number of hydrogen-bond acceptors (Lipinski definition) is 4. The maximum atomic E-state index is 12.1. The smallest absolute Gasteiger partial charge is 0.317 e. The number of anilines is 1. The second kappa shape index (κ2) is 7.35. The Hall–Kier alpha value is -1.24. The summed E-state index contributed by atoms with van der Waals surface area (Å²) in [6.07, 6.45) is 1.52. The van der Waals surface area contributed by atoms with Gasteiger partial charge in [0.25, 0.3) is 0 Å². The maximum Gasteiger partial charge on any atom is 0.317 e. The van der Waals surface area contributed by atoms with Crippen LogP contribution in [0.4, 0.5) is 10.6 Å². The fourth-order valence-electron chi connectivity index (χ4n) is 2.20. The van der Waals surface area contributed by atoms with E-state index in [0.717, 1.165) is 0 Å². The monoisotopic (exact) mass is 346 g/mol. The molecule has 6 nitrogen and oxygen atoms in total. The molecular weight excluding hydrogens is 327 g/mol. The van der Waals surface area contributed by atoms with E-state index in [0.29, 0.717) is 48.6 Å². The average molecular weight is 347 g/mol. The zero-order chi connectivity index (χ0) is 16.2. The zero-order valence-electron chi connectivity index (χ0n) is 12.7. The van der Waals surface area contributed by atoms with Crippen molar-refractivity contribution in [2.75, 3.05) is 38.1 Å². The molecule has 0 aromatic carbocycles. The Morgan fingerprint density at radius 3 is 2.91 bits per heavy atom. The van der Waals surface area contributed by atoms with E-state index in [1.165, 1.54) is 6.20 Å². The summed E-state index contributed by atoms with van der Waals surface area (Å²) in [6.45, 7) is 6.68. The number of pyridine rings is 1. The van der Waals surface area contributed by atoms with Crippen LogP contribution in [0.3, 0.4) is 0 Å². The van der Waals surface area contributed by atoms with Crippen LogP contribution in [0, 0.1) is 0 Å². The van der Waals surface area contributed by atoms with Crippen molar-refractivity contribution in [3.63, 3.8) is 0 Å². The lowest BCUT2D eigenvalue weighted by Gasteiger charge is -2.38. The molecule has 1 aromatic heterocycles. The predicted molar refractivity (Wildman–Crippen MR) is 87.7 cm³/mol. The van der Waals surface area contributed by atoms with Gasteiger partial charge in [-0.15, -0.1) is 0 Å². The fourth-order valence-corrected chi connectivity index (χ4v) is 2.64. The van der Waals surface area contributed by atoms with Crippen LogP contribution >= 0.6 is 23.2 Å². The quantitative estimate of drug-likeness (QED) is 0.822. The standard InChI is InChI=1S/C14H20Cl2N4O2/c1-14(2)9-20(5-6-22-14)13(21)18-4-3-17-12-11(16)7-10(15)8-19-12/h7-8H,3-6,9H2,1-2H3,(H,17,19)(H,18,21). The Morgan fingerprint density at radius 1 is 1.45 bits per heavy atom. The lowest BCUT2D eigenvalue weighted by molar-refractivity contribution is -0.0732. The second-order valence-corrected chi connectivity index (χ2v) is 6.52. The van der Waals surface area contributed by atoms with E-state index in [1.54, 1.807) is 11.0 Å². The molecule has 122 valence electrons. The molecule has 0 saturated carbocycles. The van der Waals surface area contributed by atoms with Gasteiger partial charge in [0.2, 0.25) is 0 Å². The Bertz CT molecular complexity index is 540. The summed E-state index contributed by atoms with van der Waals surface area (Å²) >= 11 is 11.8. The van der Waals surface area contributed by atoms with Crippen molar-refractivity contribution in [3.8, 4) is 0 Å². The van der Waals surface area contributed by atoms with Crippen molar-refractivity contribution >= 4 is 35.1 Å². The maximum absolute atomic E-state index is 12.1. The molecule has 0 spiro atoms. The number of amides is 2. The number of hydrogen-bond donors (Lipinski definition) is 2. The molecule has 1 aliphatic heterocycles. The number of urea groups is 1. The molecule has 2 N–H and O–H groups in total. The molecule has 0 atom stereocenters. The number of carbonyl (C=O) groups is 1. The molecule has 0 unspecified atom stereocenters. The number of nitrogens with zero attached hydrogens (tertiary/aromatic N) is 2. The van der Waals surface area contributed by atoms with Gasteiger partial charge in [0.1, 0.15) is 5.82 Å². The first kappa shape index (κ1) is 17.1. The van der Waals surface area contributed by atoms with E-state index in [4.69, 9.17) is 27.9 Å². The molecule has 8 heteroatoms. The van der Waals surface area contributed by atoms with Crippen molar-refractivity contribution in [3.05, 3.63) is 22.3 Å². The van der Waals surface area contributed by atoms with Crippen molar-refractivity contribution in [2.45, 2.75) is 19.4 Å². The molecule has 1 saturated heterocycles. The van der Waals surface area contributed by atoms with E-state index >= 15 is 0 Å². The first-order valence-corrected chi connectivity index (χ1v) is 7.85. The summed E-state index contributed by atoms with van der Waals surface area (Å²) in [4.78, 5) is 17.9. The molecule has 2 amide bonds. The van der Waals surface area contributed by atoms with Gasteiger partial charge in [-0.05, 0) is 19.9 Å². The van der Waals surface area contributed by atoms with Crippen LogP contribution in [0.25, 0.3) is 0 Å². The van der Waals surface area contributed by atoms with E-state index < -0.39 is 0 Å². The zero-order valence-corrected chi connectivity index (χ0v) is 14.2. The van der Waals surface area contributed by atoms with Crippen LogP contribution in [-0.4, -0.2) is 54.3 Å². The number of rotatable bonds is 4. The SMILES string of the molecule is CC1(C)CN(C(=O)NCCNc2ncc(Cl)cc2Cl)CCO1. The van der Waals surface area contributed by atoms with E-state index in [1.807, 2.05) is 13.8 Å². The highest BCUT2D eigenvalue weighted by molar-refractivity contribution is 6.35. The minimum atomic E-state index is -0.297. The van der Waals surface area contributed by atoms with Gasteiger partial charge in [0.15, 0.2) is 0 Å². The Labute approximate surface area is 140 Å². The molecular formula is C14H20Cl2N4O2. The number of nitrogens with one attached hydrogen (secondary N) is 2. The highest BCUT2D eigenvalue weighted by atomic mass is 35.5. The molecule has 2 rings (SSSR count). The fraction of sp³-hybridized carbons (Fsp3) is 0.571. The summed E-state index contributed by atoms with van der Waals surface area (Å²) in [6, 6.07) is 1.53. The predicted octanol–water partition coefficient (Wildman–Crippen LogP) is 2.62. The van der Waals surface area contributed by atoms with E-state index in [9.17, 15) is 4.79 Å². The summed E-state index contributed by atoms with van der Waals surface area (Å²) in [5, 5.41) is 6.86. The highest BCUT2D eigenvalue weighted by Crippen LogP contribution is 2.22. The van der Waals surface area contributed by atoms with Crippen LogP contribution in [0.2, 0.25) is 10.0 Å².